The van der Waals surface area contributed by atoms with E-state index in [2.05, 4.69) is 6.13 Å². The first-order valence-electron chi connectivity index (χ1n) is 4.00. The fourth-order valence-electron chi connectivity index (χ4n) is 0.306. The number of hydrogen-bond acceptors (Lipinski definition) is 21. The van der Waals surface area contributed by atoms with E-state index >= 15 is 0 Å². The van der Waals surface area contributed by atoms with Crippen LogP contribution >= 0.6 is 0 Å². The van der Waals surface area contributed by atoms with Gasteiger partial charge in [0.2, 0.25) is 0 Å². The van der Waals surface area contributed by atoms with Crippen molar-refractivity contribution >= 4 is 0 Å². The zero-order valence-electron chi connectivity index (χ0n) is 18.7. The summed E-state index contributed by atoms with van der Waals surface area (Å²) in [5.41, 5.74) is 0. The van der Waals surface area contributed by atoms with Gasteiger partial charge in [-0.2, -0.15) is 0 Å². The van der Waals surface area contributed by atoms with Gasteiger partial charge >= 0.3 is 170 Å². The zero-order valence-corrected chi connectivity index (χ0v) is 32.7. The molecular weight excluding hydrogens is 1140 g/mol. The molecule has 37 heteroatoms. The van der Waals surface area contributed by atoms with E-state index in [0.29, 0.717) is 0 Å². The SMILES string of the molecule is [Mo].[NH4+].[NH4+].[NH4+].[NH4+].[NH4+].[NH4+].[O-2].[O-2].[O-2].[O]=[Mo](=[O])([O-])[O][Mo](=[O])(=[O])[O-].[O]=[Mo](=[O])([O-])[O][Mo](=[O])(=[O])[O-].[O]=[Mo](=[O])([O-])[O][Mo](=[O])(=[O])[O-]. The molecule has 0 atom stereocenters. The van der Waals surface area contributed by atoms with Gasteiger partial charge in [0.25, 0.3) is 0 Å². The molecule has 0 aliphatic rings. The topological polar surface area (TPSA) is 675 Å². The van der Waals surface area contributed by atoms with Gasteiger partial charge in [-0.1, -0.05) is 0 Å². The van der Waals surface area contributed by atoms with Gasteiger partial charge in [-0.25, -0.2) is 0 Å². The van der Waals surface area contributed by atoms with Crippen LogP contribution in [0.4, 0.5) is 0 Å². The van der Waals surface area contributed by atoms with Gasteiger partial charge in [-0.05, 0) is 0 Å². The first-order valence-corrected chi connectivity index (χ1v) is 23.7. The maximum absolute atomic E-state index is 9.42. The summed E-state index contributed by atoms with van der Waals surface area (Å²) in [5.74, 6) is 0. The summed E-state index contributed by atoms with van der Waals surface area (Å²) in [6.07, 6.45) is 0. The van der Waals surface area contributed by atoms with Gasteiger partial charge < -0.3 is 53.3 Å². The van der Waals surface area contributed by atoms with Crippen LogP contribution in [0.1, 0.15) is 0 Å². The van der Waals surface area contributed by atoms with E-state index in [1.807, 2.05) is 0 Å². The van der Waals surface area contributed by atoms with E-state index in [9.17, 15) is 63.3 Å². The van der Waals surface area contributed by atoms with E-state index in [0.717, 1.165) is 0 Å². The Balaban J connectivity index is -0.0000000187. The van der Waals surface area contributed by atoms with Crippen LogP contribution in [0.3, 0.4) is 0 Å². The molecule has 0 amide bonds. The Morgan fingerprint density at radius 2 is 0.351 bits per heavy atom. The third kappa shape index (κ3) is 124. The minimum absolute atomic E-state index is 0. The number of quaternary nitrogens is 6. The second-order valence-electron chi connectivity index (χ2n) is 2.65. The average molecular weight is 1160 g/mol. The molecule has 24 N–H and O–H groups in total. The molecule has 30 nitrogen and oxygen atoms in total. The Bertz CT molecular complexity index is 870. The molecule has 0 aliphatic carbocycles. The fourth-order valence-corrected chi connectivity index (χ4v) is 10.7. The quantitative estimate of drug-likeness (QED) is 0.135. The standard InChI is InChI=1S/7Mo.6H3N.24O/h;;;;;;;6*1H3;;;;;;;;;;;;;;;;;;;;;;;;/q;;;;;;;;;;;;;;;;;;;;;;;;;;;;3*-2;6*-1/p+6. The molecule has 37 heavy (non-hydrogen) atoms. The van der Waals surface area contributed by atoms with Crippen LogP contribution in [-0.4, -0.2) is 0 Å². The second-order valence-corrected chi connectivity index (χ2v) is 21.6. The second kappa shape index (κ2) is 30.7. The first-order chi connectivity index (χ1) is 11.1. The summed E-state index contributed by atoms with van der Waals surface area (Å²) in [6.45, 7) is 0. The summed E-state index contributed by atoms with van der Waals surface area (Å²) in [5, 5.41) is 0. The Morgan fingerprint density at radius 1 is 0.297 bits per heavy atom. The van der Waals surface area contributed by atoms with Gasteiger partial charge in [-0.15, -0.1) is 0 Å². The number of rotatable bonds is 6. The van der Waals surface area contributed by atoms with Gasteiger partial charge in [0.05, 0.1) is 0 Å². The molecule has 0 aromatic carbocycles. The van der Waals surface area contributed by atoms with Gasteiger partial charge in [0.1, 0.15) is 0 Å². The van der Waals surface area contributed by atoms with Gasteiger partial charge in [-0.3, -0.25) is 0 Å². The molecule has 0 saturated heterocycles. The third-order valence-electron chi connectivity index (χ3n) is 0.500. The summed E-state index contributed by atoms with van der Waals surface area (Å²) < 4.78 is 178. The van der Waals surface area contributed by atoms with E-state index < -0.39 is 100 Å². The molecule has 0 fully saturated rings. The molecule has 0 heterocycles. The molecule has 0 aromatic rings. The number of hydrogen-bond donors (Lipinski definition) is 6. The molecule has 0 aliphatic heterocycles. The summed E-state index contributed by atoms with van der Waals surface area (Å²) >= 11 is -38.2. The van der Waals surface area contributed by atoms with Crippen molar-refractivity contribution in [1.82, 2.24) is 36.9 Å². The van der Waals surface area contributed by atoms with E-state index in [1.165, 1.54) is 0 Å². The fraction of sp³-hybridized carbons (Fsp3) is 0. The van der Waals surface area contributed by atoms with Crippen molar-refractivity contribution in [1.29, 1.82) is 0 Å². The Labute approximate surface area is 241 Å². The van der Waals surface area contributed by atoms with Crippen molar-refractivity contribution in [3.05, 3.63) is 0 Å². The van der Waals surface area contributed by atoms with Crippen molar-refractivity contribution < 1.29 is 207 Å². The molecule has 0 saturated carbocycles. The molecule has 0 radical (unpaired) electrons. The van der Waals surface area contributed by atoms with Crippen LogP contribution in [0.2, 0.25) is 0 Å². The molecule has 0 rings (SSSR count). The molecule has 0 bridgehead atoms. The normalized spacial score (nSPS) is 9.89. The van der Waals surface area contributed by atoms with Crippen LogP contribution < -0.4 is 59.5 Å². The first kappa shape index (κ1) is 83.3. The van der Waals surface area contributed by atoms with Crippen LogP contribution in [0.5, 0.6) is 0 Å². The van der Waals surface area contributed by atoms with Crippen LogP contribution in [0.15, 0.2) is 0 Å². The van der Waals surface area contributed by atoms with Gasteiger partial charge in [0.15, 0.2) is 0 Å². The molecule has 0 aromatic heterocycles. The van der Waals surface area contributed by atoms with E-state index in [-0.39, 0.29) is 74.4 Å². The zero-order chi connectivity index (χ0) is 23.1. The molecule has 0 unspecified atom stereocenters. The van der Waals surface area contributed by atoms with E-state index in [4.69, 9.17) is 0 Å². The Hall–Kier alpha value is 1.70. The van der Waals surface area contributed by atoms with Gasteiger partial charge in [0, 0.05) is 21.1 Å². The summed E-state index contributed by atoms with van der Waals surface area (Å²) in [7, 11) is 0. The van der Waals surface area contributed by atoms with Crippen molar-refractivity contribution in [2.45, 2.75) is 0 Å². The molecule has 0 spiro atoms. The van der Waals surface area contributed by atoms with Crippen molar-refractivity contribution in [2.24, 2.45) is 0 Å². The van der Waals surface area contributed by atoms with Crippen LogP contribution in [0, 0.1) is 0 Å². The predicted molar refractivity (Wildman–Crippen MR) is 49.5 cm³/mol. The molecule has 246 valence electrons. The summed E-state index contributed by atoms with van der Waals surface area (Å²) in [4.78, 5) is 0. The average Bonchev–Trinajstić information content (AvgIpc) is 1.96. The monoisotopic (exact) mass is 1180 g/mol. The Morgan fingerprint density at radius 3 is 0.351 bits per heavy atom. The Kier molecular flexibility index (Phi) is 69.0. The minimum atomic E-state index is -6.37. The van der Waals surface area contributed by atoms with E-state index in [1.54, 1.807) is 0 Å². The van der Waals surface area contributed by atoms with Crippen LogP contribution in [-0.2, 0) is 185 Å². The van der Waals surface area contributed by atoms with Crippen LogP contribution in [0.25, 0.3) is 0 Å². The van der Waals surface area contributed by atoms with Crippen molar-refractivity contribution in [2.75, 3.05) is 0 Å². The maximum atomic E-state index is 9.42. The van der Waals surface area contributed by atoms with Crippen molar-refractivity contribution in [3.63, 3.8) is 0 Å². The predicted octanol–water partition coefficient (Wildman–Crippen LogP) is -6.88. The molecular formula is H24Mo7N6O24-6. The third-order valence-corrected chi connectivity index (χ3v) is 17.5. The summed E-state index contributed by atoms with van der Waals surface area (Å²) in [6, 6.07) is 0. The van der Waals surface area contributed by atoms with Crippen molar-refractivity contribution in [3.8, 4) is 0 Å².